The molecular formula is C10H17NO3S2. The summed E-state index contributed by atoms with van der Waals surface area (Å²) in [6.45, 7) is 5.33. The van der Waals surface area contributed by atoms with Gasteiger partial charge in [0.2, 0.25) is 0 Å². The Bertz CT molecular complexity index is 432. The van der Waals surface area contributed by atoms with E-state index in [-0.39, 0.29) is 4.90 Å². The Hall–Kier alpha value is -0.560. The second-order valence-corrected chi connectivity index (χ2v) is 4.79. The fourth-order valence-electron chi connectivity index (χ4n) is 1.61. The quantitative estimate of drug-likeness (QED) is 0.630. The number of aryl methyl sites for hydroxylation is 3. The minimum atomic E-state index is -3.80. The Morgan fingerprint density at radius 3 is 1.81 bits per heavy atom. The molecule has 0 aliphatic carbocycles. The molecule has 4 nitrogen and oxygen atoms in total. The third-order valence-electron chi connectivity index (χ3n) is 1.98. The van der Waals surface area contributed by atoms with Gasteiger partial charge in [-0.2, -0.15) is 31.2 Å². The largest absolute Gasteiger partial charge is 0.313 e. The van der Waals surface area contributed by atoms with Crippen LogP contribution in [0, 0.1) is 20.8 Å². The van der Waals surface area contributed by atoms with E-state index in [9.17, 15) is 8.42 Å². The first-order valence-corrected chi connectivity index (χ1v) is 6.84. The minimum absolute atomic E-state index is 0.158. The van der Waals surface area contributed by atoms with Gasteiger partial charge in [-0.3, -0.25) is 0 Å². The third-order valence-corrected chi connectivity index (χ3v) is 3.38. The standard InChI is InChI=1S/C9H13NO3S.CH4S/c1-6-4-7(2)9(8(3)5-6)14(11,12)13-10;1-2/h4-5H,10H2,1-3H3;2H,1H3. The first kappa shape index (κ1) is 15.4. The highest BCUT2D eigenvalue weighted by atomic mass is 32.2. The molecule has 0 aliphatic rings. The van der Waals surface area contributed by atoms with Gasteiger partial charge in [0.15, 0.2) is 0 Å². The van der Waals surface area contributed by atoms with E-state index < -0.39 is 10.1 Å². The lowest BCUT2D eigenvalue weighted by Gasteiger charge is -2.09. The highest BCUT2D eigenvalue weighted by Gasteiger charge is 2.19. The van der Waals surface area contributed by atoms with Crippen molar-refractivity contribution < 1.29 is 12.7 Å². The molecule has 0 radical (unpaired) electrons. The van der Waals surface area contributed by atoms with Gasteiger partial charge in [-0.05, 0) is 38.2 Å². The lowest BCUT2D eigenvalue weighted by Crippen LogP contribution is -2.14. The van der Waals surface area contributed by atoms with E-state index in [0.29, 0.717) is 11.1 Å². The molecule has 0 fully saturated rings. The summed E-state index contributed by atoms with van der Waals surface area (Å²) >= 11 is 3.53. The van der Waals surface area contributed by atoms with Crippen molar-refractivity contribution in [3.05, 3.63) is 28.8 Å². The Balaban J connectivity index is 0.00000106. The summed E-state index contributed by atoms with van der Waals surface area (Å²) < 4.78 is 26.8. The summed E-state index contributed by atoms with van der Waals surface area (Å²) in [5, 5.41) is 0. The van der Waals surface area contributed by atoms with Crippen molar-refractivity contribution in [2.75, 3.05) is 6.26 Å². The Morgan fingerprint density at radius 1 is 1.12 bits per heavy atom. The normalized spacial score (nSPS) is 10.6. The molecule has 1 aromatic rings. The Kier molecular flexibility index (Phi) is 6.02. The van der Waals surface area contributed by atoms with Gasteiger partial charge in [0.25, 0.3) is 0 Å². The van der Waals surface area contributed by atoms with Crippen LogP contribution in [0.4, 0.5) is 0 Å². The molecule has 0 amide bonds. The highest BCUT2D eigenvalue weighted by molar-refractivity contribution is 7.86. The number of hydrogen-bond donors (Lipinski definition) is 2. The lowest BCUT2D eigenvalue weighted by atomic mass is 10.1. The first-order valence-electron chi connectivity index (χ1n) is 4.54. The van der Waals surface area contributed by atoms with Gasteiger partial charge >= 0.3 is 10.1 Å². The first-order chi connectivity index (χ1) is 7.38. The molecule has 0 unspecified atom stereocenters. The molecule has 92 valence electrons. The minimum Gasteiger partial charge on any atom is -0.197 e. The van der Waals surface area contributed by atoms with Crippen LogP contribution in [0.1, 0.15) is 16.7 Å². The molecular weight excluding hydrogens is 246 g/mol. The van der Waals surface area contributed by atoms with E-state index in [1.54, 1.807) is 32.2 Å². The van der Waals surface area contributed by atoms with Crippen LogP contribution in [0.2, 0.25) is 0 Å². The van der Waals surface area contributed by atoms with Crippen molar-refractivity contribution in [3.63, 3.8) is 0 Å². The van der Waals surface area contributed by atoms with Crippen molar-refractivity contribution in [2.24, 2.45) is 5.90 Å². The molecule has 1 rings (SSSR count). The summed E-state index contributed by atoms with van der Waals surface area (Å²) in [7, 11) is -3.80. The van der Waals surface area contributed by atoms with Gasteiger partial charge in [0, 0.05) is 0 Å². The van der Waals surface area contributed by atoms with E-state index in [4.69, 9.17) is 5.90 Å². The van der Waals surface area contributed by atoms with Gasteiger partial charge < -0.3 is 0 Å². The summed E-state index contributed by atoms with van der Waals surface area (Å²) in [4.78, 5) is 0.158. The molecule has 2 N–H and O–H groups in total. The van der Waals surface area contributed by atoms with Crippen molar-refractivity contribution in [1.29, 1.82) is 0 Å². The van der Waals surface area contributed by atoms with Crippen molar-refractivity contribution in [1.82, 2.24) is 0 Å². The number of hydrogen-bond acceptors (Lipinski definition) is 5. The maximum atomic E-state index is 11.4. The molecule has 6 heteroatoms. The van der Waals surface area contributed by atoms with Crippen molar-refractivity contribution >= 4 is 22.7 Å². The second-order valence-electron chi connectivity index (χ2n) is 3.28. The molecule has 1 aromatic carbocycles. The van der Waals surface area contributed by atoms with Crippen LogP contribution in [-0.4, -0.2) is 14.7 Å². The summed E-state index contributed by atoms with van der Waals surface area (Å²) in [6.07, 6.45) is 1.69. The fraction of sp³-hybridized carbons (Fsp3) is 0.400. The zero-order chi connectivity index (χ0) is 12.9. The second kappa shape index (κ2) is 6.24. The average Bonchev–Trinajstić information content (AvgIpc) is 2.18. The zero-order valence-electron chi connectivity index (χ0n) is 9.81. The smallest absolute Gasteiger partial charge is 0.197 e. The van der Waals surface area contributed by atoms with Crippen LogP contribution < -0.4 is 5.90 Å². The van der Waals surface area contributed by atoms with Gasteiger partial charge in [-0.25, -0.2) is 0 Å². The molecule has 0 heterocycles. The summed E-state index contributed by atoms with van der Waals surface area (Å²) in [6, 6.07) is 3.55. The van der Waals surface area contributed by atoms with Crippen LogP contribution in [-0.2, 0) is 14.4 Å². The zero-order valence-corrected chi connectivity index (χ0v) is 11.5. The van der Waals surface area contributed by atoms with E-state index in [2.05, 4.69) is 16.9 Å². The molecule has 0 atom stereocenters. The summed E-state index contributed by atoms with van der Waals surface area (Å²) in [5.41, 5.74) is 2.30. The Labute approximate surface area is 102 Å². The van der Waals surface area contributed by atoms with E-state index >= 15 is 0 Å². The molecule has 0 saturated heterocycles. The number of thiol groups is 1. The molecule has 0 bridgehead atoms. The van der Waals surface area contributed by atoms with Crippen molar-refractivity contribution in [2.45, 2.75) is 25.7 Å². The SMILES string of the molecule is CS.Cc1cc(C)c(S(=O)(=O)ON)c(C)c1. The Morgan fingerprint density at radius 2 is 1.50 bits per heavy atom. The van der Waals surface area contributed by atoms with Gasteiger partial charge in [-0.15, -0.1) is 0 Å². The van der Waals surface area contributed by atoms with Crippen LogP contribution in [0.15, 0.2) is 17.0 Å². The molecule has 0 spiro atoms. The van der Waals surface area contributed by atoms with Crippen LogP contribution in [0.5, 0.6) is 0 Å². The summed E-state index contributed by atoms with van der Waals surface area (Å²) in [5.74, 6) is 4.73. The highest BCUT2D eigenvalue weighted by Crippen LogP contribution is 2.22. The van der Waals surface area contributed by atoms with Gasteiger partial charge in [0.05, 0.1) is 0 Å². The number of rotatable bonds is 2. The lowest BCUT2D eigenvalue weighted by molar-refractivity contribution is 0.332. The van der Waals surface area contributed by atoms with Crippen LogP contribution in [0.25, 0.3) is 0 Å². The average molecular weight is 263 g/mol. The van der Waals surface area contributed by atoms with Gasteiger partial charge in [0.1, 0.15) is 4.90 Å². The van der Waals surface area contributed by atoms with Crippen molar-refractivity contribution in [3.8, 4) is 0 Å². The predicted molar refractivity (Wildman–Crippen MR) is 68.0 cm³/mol. The number of benzene rings is 1. The van der Waals surface area contributed by atoms with Gasteiger partial charge in [-0.1, -0.05) is 17.7 Å². The van der Waals surface area contributed by atoms with Crippen LogP contribution >= 0.6 is 12.6 Å². The molecule has 0 aliphatic heterocycles. The topological polar surface area (TPSA) is 69.4 Å². The number of nitrogens with two attached hydrogens (primary N) is 1. The third kappa shape index (κ3) is 3.48. The van der Waals surface area contributed by atoms with E-state index in [1.807, 2.05) is 6.92 Å². The maximum Gasteiger partial charge on any atom is 0.313 e. The molecule has 0 aromatic heterocycles. The van der Waals surface area contributed by atoms with Crippen LogP contribution in [0.3, 0.4) is 0 Å². The molecule has 0 saturated carbocycles. The van der Waals surface area contributed by atoms with E-state index in [0.717, 1.165) is 5.56 Å². The fourth-order valence-corrected chi connectivity index (χ4v) is 2.61. The maximum absolute atomic E-state index is 11.4. The predicted octanol–water partition coefficient (Wildman–Crippen LogP) is 1.74. The van der Waals surface area contributed by atoms with E-state index in [1.165, 1.54) is 0 Å². The monoisotopic (exact) mass is 263 g/mol. The molecule has 16 heavy (non-hydrogen) atoms.